The number of carbonyl (C=O) groups excluding carboxylic acids is 1. The fourth-order valence-corrected chi connectivity index (χ4v) is 0.150. The first-order valence-corrected chi connectivity index (χ1v) is 1.81. The van der Waals surface area contributed by atoms with Crippen LogP contribution in [0.15, 0.2) is 0 Å². The molecule has 8 heavy (non-hydrogen) atoms. The van der Waals surface area contributed by atoms with Crippen LogP contribution in [-0.2, 0) is 9.63 Å². The summed E-state index contributed by atoms with van der Waals surface area (Å²) in [5, 5.41) is 8.01. The van der Waals surface area contributed by atoms with Gasteiger partial charge >= 0.3 is 35.5 Å². The summed E-state index contributed by atoms with van der Waals surface area (Å²) < 4.78 is 0. The zero-order valence-corrected chi connectivity index (χ0v) is 6.76. The van der Waals surface area contributed by atoms with Crippen molar-refractivity contribution < 1.29 is 45.7 Å². The van der Waals surface area contributed by atoms with Crippen LogP contribution in [0.1, 0.15) is 7.85 Å². The molecule has 0 amide bonds. The van der Waals surface area contributed by atoms with Gasteiger partial charge in [-0.25, -0.2) is 0 Å². The summed E-state index contributed by atoms with van der Waals surface area (Å²) >= 11 is 0. The van der Waals surface area contributed by atoms with Gasteiger partial charge in [-0.15, -0.1) is 0 Å². The molecular weight excluding hydrogens is 121 g/mol. The van der Waals surface area contributed by atoms with Gasteiger partial charge in [0, 0.05) is 0 Å². The van der Waals surface area contributed by atoms with Crippen molar-refractivity contribution in [1.29, 1.82) is 0 Å². The number of nitrogens with two attached hydrogens (primary N) is 1. The molecule has 0 aromatic rings. The van der Waals surface area contributed by atoms with Crippen LogP contribution in [-0.4, -0.2) is 17.7 Å². The minimum atomic E-state index is -0.595. The largest absolute Gasteiger partial charge is 1.00 e. The van der Waals surface area contributed by atoms with Crippen molar-refractivity contribution in [2.45, 2.75) is 6.42 Å². The number of aliphatic hydroxyl groups is 1. The Kier molecular flexibility index (Phi) is 10.4. The molecule has 0 radical (unpaired) electrons. The fourth-order valence-electron chi connectivity index (χ4n) is 0.150. The first kappa shape index (κ1) is 11.2. The molecule has 0 aromatic carbocycles. The van der Waals surface area contributed by atoms with Gasteiger partial charge in [0.05, 0.1) is 13.0 Å². The molecule has 4 nitrogen and oxygen atoms in total. The van der Waals surface area contributed by atoms with Crippen molar-refractivity contribution in [2.75, 3.05) is 6.61 Å². The molecule has 3 N–H and O–H groups in total. The Morgan fingerprint density at radius 2 is 2.38 bits per heavy atom. The summed E-state index contributed by atoms with van der Waals surface area (Å²) in [6.07, 6.45) is -0.0312. The van der Waals surface area contributed by atoms with E-state index in [4.69, 9.17) is 5.11 Å². The molecule has 0 spiro atoms. The third kappa shape index (κ3) is 6.39. The normalized spacial score (nSPS) is 7.25. The van der Waals surface area contributed by atoms with Crippen LogP contribution in [0.3, 0.4) is 0 Å². The molecule has 5 heteroatoms. The van der Waals surface area contributed by atoms with Gasteiger partial charge in [-0.2, -0.15) is 5.90 Å². The van der Waals surface area contributed by atoms with Crippen molar-refractivity contribution in [1.82, 2.24) is 0 Å². The van der Waals surface area contributed by atoms with Crippen LogP contribution in [0.2, 0.25) is 0 Å². The topological polar surface area (TPSA) is 72.5 Å². The van der Waals surface area contributed by atoms with Gasteiger partial charge in [0.2, 0.25) is 0 Å². The molecule has 44 valence electrons. The number of hydrogen-bond acceptors (Lipinski definition) is 4. The van der Waals surface area contributed by atoms with Gasteiger partial charge < -0.3 is 11.4 Å². The van der Waals surface area contributed by atoms with E-state index in [1.165, 1.54) is 0 Å². The van der Waals surface area contributed by atoms with Crippen LogP contribution >= 0.6 is 0 Å². The van der Waals surface area contributed by atoms with Crippen LogP contribution in [0.4, 0.5) is 0 Å². The second-order valence-electron chi connectivity index (χ2n) is 0.963. The SMILES string of the molecule is NOC(=O)CCO.[H-].[Na+]. The second kappa shape index (κ2) is 7.39. The summed E-state index contributed by atoms with van der Waals surface area (Å²) in [5.74, 6) is 3.80. The van der Waals surface area contributed by atoms with E-state index >= 15 is 0 Å². The molecule has 0 saturated heterocycles. The summed E-state index contributed by atoms with van der Waals surface area (Å²) in [6, 6.07) is 0. The van der Waals surface area contributed by atoms with E-state index in [1.807, 2.05) is 0 Å². The quantitative estimate of drug-likeness (QED) is 0.293. The van der Waals surface area contributed by atoms with Crippen LogP contribution < -0.4 is 35.5 Å². The Labute approximate surface area is 70.7 Å². The smallest absolute Gasteiger partial charge is 1.00 e. The summed E-state index contributed by atoms with van der Waals surface area (Å²) in [6.45, 7) is -0.212. The third-order valence-corrected chi connectivity index (χ3v) is 0.447. The molecule has 0 heterocycles. The van der Waals surface area contributed by atoms with Gasteiger partial charge in [0.1, 0.15) is 0 Å². The summed E-state index contributed by atoms with van der Waals surface area (Å²) in [7, 11) is 0. The molecule has 0 fully saturated rings. The molecule has 0 unspecified atom stereocenters. The van der Waals surface area contributed by atoms with E-state index in [-0.39, 0.29) is 44.0 Å². The van der Waals surface area contributed by atoms with Gasteiger partial charge in [-0.1, -0.05) is 0 Å². The fraction of sp³-hybridized carbons (Fsp3) is 0.667. The van der Waals surface area contributed by atoms with Gasteiger partial charge in [-0.05, 0) is 0 Å². The van der Waals surface area contributed by atoms with Crippen molar-refractivity contribution in [3.8, 4) is 0 Å². The van der Waals surface area contributed by atoms with E-state index in [9.17, 15) is 4.79 Å². The molecule has 0 aliphatic rings. The Balaban J connectivity index is -0.000000180. The molecule has 0 rings (SSSR count). The Morgan fingerprint density at radius 3 is 2.50 bits per heavy atom. The Bertz CT molecular complexity index is 72.1. The molecular formula is C3H8NNaO3. The summed E-state index contributed by atoms with van der Waals surface area (Å²) in [5.41, 5.74) is 0. The van der Waals surface area contributed by atoms with Crippen molar-refractivity contribution in [2.24, 2.45) is 5.90 Å². The summed E-state index contributed by atoms with van der Waals surface area (Å²) in [4.78, 5) is 13.6. The number of aliphatic hydroxyl groups excluding tert-OH is 1. The van der Waals surface area contributed by atoms with E-state index < -0.39 is 5.97 Å². The van der Waals surface area contributed by atoms with Crippen LogP contribution in [0.25, 0.3) is 0 Å². The van der Waals surface area contributed by atoms with Gasteiger partial charge in [0.25, 0.3) is 0 Å². The minimum Gasteiger partial charge on any atom is -1.00 e. The molecule has 0 bridgehead atoms. The Morgan fingerprint density at radius 1 is 1.88 bits per heavy atom. The monoisotopic (exact) mass is 129 g/mol. The maximum Gasteiger partial charge on any atom is 1.00 e. The van der Waals surface area contributed by atoms with Gasteiger partial charge in [-0.3, -0.25) is 4.79 Å². The predicted molar refractivity (Wildman–Crippen MR) is 23.1 cm³/mol. The van der Waals surface area contributed by atoms with E-state index in [2.05, 4.69) is 10.7 Å². The van der Waals surface area contributed by atoms with Gasteiger partial charge in [0.15, 0.2) is 0 Å². The van der Waals surface area contributed by atoms with Crippen molar-refractivity contribution >= 4 is 5.97 Å². The number of rotatable bonds is 2. The molecule has 0 aromatic heterocycles. The second-order valence-corrected chi connectivity index (χ2v) is 0.963. The average molecular weight is 129 g/mol. The molecule has 0 aliphatic heterocycles. The zero-order valence-electron chi connectivity index (χ0n) is 5.76. The Hall–Kier alpha value is 0.390. The van der Waals surface area contributed by atoms with Crippen LogP contribution in [0, 0.1) is 0 Å². The zero-order chi connectivity index (χ0) is 5.70. The third-order valence-electron chi connectivity index (χ3n) is 0.447. The average Bonchev–Trinajstić information content (AvgIpc) is 1.68. The van der Waals surface area contributed by atoms with Crippen molar-refractivity contribution in [3.05, 3.63) is 0 Å². The number of carbonyl (C=O) groups is 1. The van der Waals surface area contributed by atoms with E-state index in [0.29, 0.717) is 0 Å². The van der Waals surface area contributed by atoms with E-state index in [1.54, 1.807) is 0 Å². The standard InChI is InChI=1S/C3H7NO3.Na.H/c4-7-3(6)1-2-5;;/h5H,1-2,4H2;;/q;+1;-1. The maximum atomic E-state index is 9.90. The maximum absolute atomic E-state index is 9.90. The van der Waals surface area contributed by atoms with E-state index in [0.717, 1.165) is 0 Å². The van der Waals surface area contributed by atoms with Crippen LogP contribution in [0.5, 0.6) is 0 Å². The molecule has 0 aliphatic carbocycles. The van der Waals surface area contributed by atoms with Crippen molar-refractivity contribution in [3.63, 3.8) is 0 Å². The predicted octanol–water partition coefficient (Wildman–Crippen LogP) is -4.10. The first-order valence-electron chi connectivity index (χ1n) is 1.81. The minimum absolute atomic E-state index is 0. The molecule has 0 atom stereocenters. The molecule has 0 saturated carbocycles. The first-order chi connectivity index (χ1) is 3.31. The number of hydrogen-bond donors (Lipinski definition) is 2.